The van der Waals surface area contributed by atoms with Crippen molar-refractivity contribution in [3.8, 4) is 5.75 Å². The number of nitrogens with two attached hydrogens (primary N) is 1. The number of ether oxygens (including phenoxy) is 1. The highest BCUT2D eigenvalue weighted by Crippen LogP contribution is 2.30. The fourth-order valence-corrected chi connectivity index (χ4v) is 2.34. The Kier molecular flexibility index (Phi) is 4.65. The van der Waals surface area contributed by atoms with E-state index in [2.05, 4.69) is 0 Å². The summed E-state index contributed by atoms with van der Waals surface area (Å²) in [4.78, 5) is 10.8. The first-order chi connectivity index (χ1) is 10.0. The predicted octanol–water partition coefficient (Wildman–Crippen LogP) is 2.58. The molecule has 0 spiro atoms. The van der Waals surface area contributed by atoms with Crippen molar-refractivity contribution in [3.05, 3.63) is 53.0 Å². The molecular formula is C16H19NO4. The van der Waals surface area contributed by atoms with Crippen LogP contribution in [-0.2, 0) is 6.42 Å². The van der Waals surface area contributed by atoms with Gasteiger partial charge in [0, 0.05) is 12.3 Å². The molecule has 0 fully saturated rings. The number of carboxylic acids is 1. The third-order valence-corrected chi connectivity index (χ3v) is 3.43. The summed E-state index contributed by atoms with van der Waals surface area (Å²) >= 11 is 0. The van der Waals surface area contributed by atoms with Crippen LogP contribution < -0.4 is 10.5 Å². The Morgan fingerprint density at radius 2 is 2.14 bits per heavy atom. The molecule has 1 atom stereocenters. The molecule has 5 nitrogen and oxygen atoms in total. The fourth-order valence-electron chi connectivity index (χ4n) is 2.34. The monoisotopic (exact) mass is 289 g/mol. The van der Waals surface area contributed by atoms with Crippen LogP contribution in [0.4, 0.5) is 0 Å². The molecule has 0 bridgehead atoms. The first kappa shape index (κ1) is 15.1. The van der Waals surface area contributed by atoms with Crippen molar-refractivity contribution in [3.63, 3.8) is 0 Å². The highest BCUT2D eigenvalue weighted by atomic mass is 16.5. The molecule has 1 unspecified atom stereocenters. The summed E-state index contributed by atoms with van der Waals surface area (Å²) in [6, 6.07) is 9.06. The lowest BCUT2D eigenvalue weighted by Crippen LogP contribution is -2.16. The quantitative estimate of drug-likeness (QED) is 0.853. The van der Waals surface area contributed by atoms with Gasteiger partial charge in [0.05, 0.1) is 7.11 Å². The third kappa shape index (κ3) is 3.44. The molecular weight excluding hydrogens is 270 g/mol. The van der Waals surface area contributed by atoms with Gasteiger partial charge in [0.15, 0.2) is 0 Å². The minimum absolute atomic E-state index is 0.00708. The molecule has 0 radical (unpaired) electrons. The maximum Gasteiger partial charge on any atom is 0.371 e. The van der Waals surface area contributed by atoms with E-state index >= 15 is 0 Å². The second kappa shape index (κ2) is 6.45. The van der Waals surface area contributed by atoms with Gasteiger partial charge in [-0.2, -0.15) is 0 Å². The summed E-state index contributed by atoms with van der Waals surface area (Å²) in [5, 5.41) is 8.89. The minimum Gasteiger partial charge on any atom is -0.496 e. The van der Waals surface area contributed by atoms with Gasteiger partial charge in [-0.25, -0.2) is 4.79 Å². The molecule has 1 aromatic carbocycles. The smallest absolute Gasteiger partial charge is 0.371 e. The first-order valence-corrected chi connectivity index (χ1v) is 6.71. The van der Waals surface area contributed by atoms with Gasteiger partial charge in [0.2, 0.25) is 5.76 Å². The van der Waals surface area contributed by atoms with Gasteiger partial charge in [-0.1, -0.05) is 17.7 Å². The molecule has 1 heterocycles. The maximum absolute atomic E-state index is 10.8. The number of carboxylic acid groups (broad SMARTS) is 1. The van der Waals surface area contributed by atoms with E-state index in [9.17, 15) is 4.79 Å². The summed E-state index contributed by atoms with van der Waals surface area (Å²) in [5.41, 5.74) is 8.01. The Hall–Kier alpha value is -2.27. The number of aryl methyl sites for hydroxylation is 1. The van der Waals surface area contributed by atoms with E-state index in [0.717, 1.165) is 16.9 Å². The number of furan rings is 1. The van der Waals surface area contributed by atoms with Gasteiger partial charge in [-0.05, 0) is 37.2 Å². The van der Waals surface area contributed by atoms with Crippen molar-refractivity contribution in [2.45, 2.75) is 19.3 Å². The average molecular weight is 289 g/mol. The SMILES string of the molecule is COc1ccc(C)cc1C(CN)Cc1ccc(C(=O)O)o1. The van der Waals surface area contributed by atoms with Crippen LogP contribution in [0.5, 0.6) is 5.75 Å². The second-order valence-electron chi connectivity index (χ2n) is 4.95. The van der Waals surface area contributed by atoms with Gasteiger partial charge >= 0.3 is 5.97 Å². The maximum atomic E-state index is 10.8. The average Bonchev–Trinajstić information content (AvgIpc) is 2.93. The third-order valence-electron chi connectivity index (χ3n) is 3.43. The second-order valence-corrected chi connectivity index (χ2v) is 4.95. The summed E-state index contributed by atoms with van der Waals surface area (Å²) in [6.07, 6.45) is 0.531. The van der Waals surface area contributed by atoms with Crippen LogP contribution in [-0.4, -0.2) is 24.7 Å². The van der Waals surface area contributed by atoms with E-state index in [0.29, 0.717) is 18.7 Å². The number of hydrogen-bond donors (Lipinski definition) is 2. The van der Waals surface area contributed by atoms with Crippen molar-refractivity contribution in [2.75, 3.05) is 13.7 Å². The van der Waals surface area contributed by atoms with E-state index in [1.807, 2.05) is 25.1 Å². The molecule has 21 heavy (non-hydrogen) atoms. The summed E-state index contributed by atoms with van der Waals surface area (Å²) < 4.78 is 10.7. The lowest BCUT2D eigenvalue weighted by atomic mass is 9.92. The van der Waals surface area contributed by atoms with Crippen LogP contribution in [0.2, 0.25) is 0 Å². The van der Waals surface area contributed by atoms with Crippen molar-refractivity contribution in [2.24, 2.45) is 5.73 Å². The number of methoxy groups -OCH3 is 1. The molecule has 0 aliphatic carbocycles. The molecule has 0 saturated heterocycles. The van der Waals surface area contributed by atoms with E-state index in [1.165, 1.54) is 6.07 Å². The van der Waals surface area contributed by atoms with Gasteiger partial charge in [-0.15, -0.1) is 0 Å². The Morgan fingerprint density at radius 3 is 2.71 bits per heavy atom. The van der Waals surface area contributed by atoms with Gasteiger partial charge in [0.25, 0.3) is 0 Å². The predicted molar refractivity (Wildman–Crippen MR) is 78.9 cm³/mol. The lowest BCUT2D eigenvalue weighted by molar-refractivity contribution is 0.0660. The molecule has 112 valence electrons. The van der Waals surface area contributed by atoms with Crippen LogP contribution in [0.1, 0.15) is 33.4 Å². The van der Waals surface area contributed by atoms with Crippen LogP contribution in [0, 0.1) is 6.92 Å². The van der Waals surface area contributed by atoms with Gasteiger partial charge in [0.1, 0.15) is 11.5 Å². The van der Waals surface area contributed by atoms with Crippen LogP contribution in [0.15, 0.2) is 34.7 Å². The molecule has 2 rings (SSSR count). The summed E-state index contributed by atoms with van der Waals surface area (Å²) in [7, 11) is 1.62. The summed E-state index contributed by atoms with van der Waals surface area (Å²) in [6.45, 7) is 2.43. The van der Waals surface area contributed by atoms with E-state index in [-0.39, 0.29) is 11.7 Å². The number of rotatable bonds is 6. The highest BCUT2D eigenvalue weighted by molar-refractivity contribution is 5.84. The van der Waals surface area contributed by atoms with E-state index < -0.39 is 5.97 Å². The molecule has 0 amide bonds. The van der Waals surface area contributed by atoms with E-state index in [1.54, 1.807) is 13.2 Å². The van der Waals surface area contributed by atoms with Crippen LogP contribution >= 0.6 is 0 Å². The zero-order valence-electron chi connectivity index (χ0n) is 12.1. The number of benzene rings is 1. The molecule has 5 heteroatoms. The van der Waals surface area contributed by atoms with Crippen molar-refractivity contribution in [1.82, 2.24) is 0 Å². The molecule has 3 N–H and O–H groups in total. The van der Waals surface area contributed by atoms with Crippen LogP contribution in [0.25, 0.3) is 0 Å². The first-order valence-electron chi connectivity index (χ1n) is 6.71. The van der Waals surface area contributed by atoms with Crippen molar-refractivity contribution in [1.29, 1.82) is 0 Å². The topological polar surface area (TPSA) is 85.7 Å². The summed E-state index contributed by atoms with van der Waals surface area (Å²) in [5.74, 6) is 0.260. The lowest BCUT2D eigenvalue weighted by Gasteiger charge is -2.18. The minimum atomic E-state index is -1.07. The van der Waals surface area contributed by atoms with Crippen molar-refractivity contribution < 1.29 is 19.1 Å². The Morgan fingerprint density at radius 1 is 1.38 bits per heavy atom. The Bertz CT molecular complexity index is 633. The van der Waals surface area contributed by atoms with Crippen LogP contribution in [0.3, 0.4) is 0 Å². The zero-order valence-corrected chi connectivity index (χ0v) is 12.1. The standard InChI is InChI=1S/C16H19NO4/c1-10-3-5-14(20-2)13(7-10)11(9-17)8-12-4-6-15(21-12)16(18)19/h3-7,11H,8-9,17H2,1-2H3,(H,18,19). The number of aromatic carboxylic acids is 1. The highest BCUT2D eigenvalue weighted by Gasteiger charge is 2.18. The molecule has 2 aromatic rings. The molecule has 0 aliphatic heterocycles. The molecule has 1 aromatic heterocycles. The van der Waals surface area contributed by atoms with Gasteiger partial charge in [-0.3, -0.25) is 0 Å². The Labute approximate surface area is 123 Å². The van der Waals surface area contributed by atoms with E-state index in [4.69, 9.17) is 20.0 Å². The van der Waals surface area contributed by atoms with Gasteiger partial charge < -0.3 is 20.0 Å². The van der Waals surface area contributed by atoms with Crippen molar-refractivity contribution >= 4 is 5.97 Å². The fraction of sp³-hybridized carbons (Fsp3) is 0.312. The normalized spacial score (nSPS) is 12.1. The molecule has 0 aliphatic rings. The largest absolute Gasteiger partial charge is 0.496 e. The number of carbonyl (C=O) groups is 1. The number of hydrogen-bond acceptors (Lipinski definition) is 4. The zero-order chi connectivity index (χ0) is 15.4. The Balaban J connectivity index is 2.27. The molecule has 0 saturated carbocycles.